The number of carbonyl (C=O) groups is 1. The maximum absolute atomic E-state index is 12.3. The Bertz CT molecular complexity index is 454. The number of likely N-dealkylation sites (tertiary alicyclic amines) is 2. The molecule has 1 aromatic rings. The first kappa shape index (κ1) is 13.0. The van der Waals surface area contributed by atoms with Crippen molar-refractivity contribution in [1.29, 1.82) is 0 Å². The highest BCUT2D eigenvalue weighted by molar-refractivity contribution is 6.32. The summed E-state index contributed by atoms with van der Waals surface area (Å²) >= 11 is 5.87. The second-order valence-electron chi connectivity index (χ2n) is 5.40. The van der Waals surface area contributed by atoms with Crippen molar-refractivity contribution in [3.05, 3.63) is 23.1 Å². The molecule has 1 unspecified atom stereocenters. The topological polar surface area (TPSA) is 36.7 Å². The van der Waals surface area contributed by atoms with Gasteiger partial charge in [-0.2, -0.15) is 0 Å². The van der Waals surface area contributed by atoms with Crippen LogP contribution >= 0.6 is 11.6 Å². The minimum atomic E-state index is -0.00161. The number of piperidine rings is 1. The van der Waals surface area contributed by atoms with Gasteiger partial charge in [-0.3, -0.25) is 9.69 Å². The molecule has 2 aliphatic heterocycles. The maximum atomic E-state index is 12.3. The van der Waals surface area contributed by atoms with E-state index in [1.54, 1.807) is 6.07 Å². The maximum Gasteiger partial charge on any atom is 0.258 e. The first-order valence-electron chi connectivity index (χ1n) is 7.02. The monoisotopic (exact) mass is 282 g/mol. The third kappa shape index (κ3) is 2.65. The Balaban J connectivity index is 1.62. The van der Waals surface area contributed by atoms with Crippen LogP contribution in [-0.4, -0.2) is 47.9 Å². The largest absolute Gasteiger partial charge is 0.452 e. The van der Waals surface area contributed by atoms with Crippen molar-refractivity contribution in [1.82, 2.24) is 9.80 Å². The number of furan rings is 1. The van der Waals surface area contributed by atoms with Gasteiger partial charge in [0.15, 0.2) is 0 Å². The lowest BCUT2D eigenvalue weighted by Crippen LogP contribution is -2.41. The molecule has 3 rings (SSSR count). The van der Waals surface area contributed by atoms with Gasteiger partial charge in [0.2, 0.25) is 5.22 Å². The zero-order chi connectivity index (χ0) is 13.2. The van der Waals surface area contributed by atoms with Crippen LogP contribution in [0.1, 0.15) is 36.0 Å². The average Bonchev–Trinajstić information content (AvgIpc) is 3.08. The van der Waals surface area contributed by atoms with Crippen LogP contribution in [0.15, 0.2) is 16.7 Å². The Morgan fingerprint density at radius 2 is 2.05 bits per heavy atom. The van der Waals surface area contributed by atoms with Gasteiger partial charge in [0.25, 0.3) is 5.91 Å². The van der Waals surface area contributed by atoms with E-state index in [0.717, 1.165) is 19.5 Å². The molecule has 5 heteroatoms. The van der Waals surface area contributed by atoms with Crippen molar-refractivity contribution >= 4 is 17.5 Å². The third-order valence-corrected chi connectivity index (χ3v) is 4.50. The summed E-state index contributed by atoms with van der Waals surface area (Å²) in [5.74, 6) is -0.00161. The summed E-state index contributed by atoms with van der Waals surface area (Å²) in [7, 11) is 0. The minimum absolute atomic E-state index is 0.00161. The molecule has 2 aliphatic rings. The summed E-state index contributed by atoms with van der Waals surface area (Å²) in [5, 5.41) is 0.200. The summed E-state index contributed by atoms with van der Waals surface area (Å²) in [6.07, 6.45) is 6.46. The molecular formula is C14H19ClN2O2. The number of halogens is 1. The van der Waals surface area contributed by atoms with Gasteiger partial charge in [-0.15, -0.1) is 0 Å². The van der Waals surface area contributed by atoms with Gasteiger partial charge in [-0.1, -0.05) is 6.42 Å². The van der Waals surface area contributed by atoms with E-state index in [-0.39, 0.29) is 11.1 Å². The molecule has 0 saturated carbocycles. The number of nitrogens with zero attached hydrogens (tertiary/aromatic N) is 2. The quantitative estimate of drug-likeness (QED) is 0.837. The Kier molecular flexibility index (Phi) is 3.80. The van der Waals surface area contributed by atoms with Gasteiger partial charge in [0.1, 0.15) is 0 Å². The van der Waals surface area contributed by atoms with E-state index in [9.17, 15) is 4.79 Å². The standard InChI is InChI=1S/C14H19ClN2O2/c15-13-12(5-9-19-13)14(18)17-8-4-11(10-17)16-6-2-1-3-7-16/h5,9,11H,1-4,6-8,10H2. The molecule has 3 heterocycles. The van der Waals surface area contributed by atoms with Crippen molar-refractivity contribution in [2.24, 2.45) is 0 Å². The number of hydrogen-bond acceptors (Lipinski definition) is 3. The fourth-order valence-corrected chi connectivity index (χ4v) is 3.32. The van der Waals surface area contributed by atoms with Crippen molar-refractivity contribution in [3.63, 3.8) is 0 Å². The molecule has 104 valence electrons. The van der Waals surface area contributed by atoms with E-state index in [4.69, 9.17) is 16.0 Å². The molecule has 19 heavy (non-hydrogen) atoms. The Morgan fingerprint density at radius 3 is 2.74 bits per heavy atom. The molecule has 1 amide bonds. The highest BCUT2D eigenvalue weighted by atomic mass is 35.5. The van der Waals surface area contributed by atoms with Crippen LogP contribution in [0, 0.1) is 0 Å². The van der Waals surface area contributed by atoms with Crippen LogP contribution < -0.4 is 0 Å². The second kappa shape index (κ2) is 5.55. The van der Waals surface area contributed by atoms with Crippen LogP contribution in [0.5, 0.6) is 0 Å². The summed E-state index contributed by atoms with van der Waals surface area (Å²) in [5.41, 5.74) is 0.487. The van der Waals surface area contributed by atoms with Crippen LogP contribution in [-0.2, 0) is 0 Å². The van der Waals surface area contributed by atoms with Gasteiger partial charge in [-0.25, -0.2) is 0 Å². The van der Waals surface area contributed by atoms with Gasteiger partial charge in [0, 0.05) is 19.1 Å². The molecule has 0 aromatic carbocycles. The number of carbonyl (C=O) groups excluding carboxylic acids is 1. The lowest BCUT2D eigenvalue weighted by molar-refractivity contribution is 0.0771. The SMILES string of the molecule is O=C(c1ccoc1Cl)N1CCC(N2CCCCC2)C1. The van der Waals surface area contributed by atoms with Gasteiger partial charge < -0.3 is 9.32 Å². The van der Waals surface area contributed by atoms with E-state index in [0.29, 0.717) is 11.6 Å². The van der Waals surface area contributed by atoms with Crippen LogP contribution in [0.4, 0.5) is 0 Å². The number of amides is 1. The summed E-state index contributed by atoms with van der Waals surface area (Å²) in [6.45, 7) is 4.00. The van der Waals surface area contributed by atoms with Crippen LogP contribution in [0.3, 0.4) is 0 Å². The lowest BCUT2D eigenvalue weighted by atomic mass is 10.1. The molecule has 2 saturated heterocycles. The first-order chi connectivity index (χ1) is 9.25. The highest BCUT2D eigenvalue weighted by Gasteiger charge is 2.32. The van der Waals surface area contributed by atoms with Crippen LogP contribution in [0.25, 0.3) is 0 Å². The highest BCUT2D eigenvalue weighted by Crippen LogP contribution is 2.24. The van der Waals surface area contributed by atoms with E-state index >= 15 is 0 Å². The van der Waals surface area contributed by atoms with Crippen molar-refractivity contribution in [2.75, 3.05) is 26.2 Å². The predicted molar refractivity (Wildman–Crippen MR) is 73.5 cm³/mol. The molecule has 1 aromatic heterocycles. The van der Waals surface area contributed by atoms with Crippen molar-refractivity contribution in [3.8, 4) is 0 Å². The number of rotatable bonds is 2. The molecule has 0 N–H and O–H groups in total. The summed E-state index contributed by atoms with van der Waals surface area (Å²) in [6, 6.07) is 2.17. The molecule has 4 nitrogen and oxygen atoms in total. The smallest absolute Gasteiger partial charge is 0.258 e. The van der Waals surface area contributed by atoms with E-state index in [1.807, 2.05) is 4.90 Å². The first-order valence-corrected chi connectivity index (χ1v) is 7.40. The zero-order valence-electron chi connectivity index (χ0n) is 11.0. The lowest BCUT2D eigenvalue weighted by Gasteiger charge is -2.32. The fourth-order valence-electron chi connectivity index (χ4n) is 3.12. The van der Waals surface area contributed by atoms with Gasteiger partial charge >= 0.3 is 0 Å². The predicted octanol–water partition coefficient (Wildman–Crippen LogP) is 2.63. The summed E-state index contributed by atoms with van der Waals surface area (Å²) in [4.78, 5) is 16.8. The average molecular weight is 283 g/mol. The van der Waals surface area contributed by atoms with Gasteiger partial charge in [-0.05, 0) is 50.0 Å². The van der Waals surface area contributed by atoms with Crippen molar-refractivity contribution in [2.45, 2.75) is 31.7 Å². The van der Waals surface area contributed by atoms with E-state index in [1.165, 1.54) is 38.6 Å². The van der Waals surface area contributed by atoms with Crippen molar-refractivity contribution < 1.29 is 9.21 Å². The number of hydrogen-bond donors (Lipinski definition) is 0. The van der Waals surface area contributed by atoms with E-state index in [2.05, 4.69) is 4.90 Å². The molecule has 0 aliphatic carbocycles. The normalized spacial score (nSPS) is 24.9. The van der Waals surface area contributed by atoms with E-state index < -0.39 is 0 Å². The Morgan fingerprint density at radius 1 is 1.26 bits per heavy atom. The Labute approximate surface area is 118 Å². The Hall–Kier alpha value is -1.00. The molecule has 2 fully saturated rings. The minimum Gasteiger partial charge on any atom is -0.452 e. The molecule has 0 radical (unpaired) electrons. The fraction of sp³-hybridized carbons (Fsp3) is 0.643. The summed E-state index contributed by atoms with van der Waals surface area (Å²) < 4.78 is 5.00. The second-order valence-corrected chi connectivity index (χ2v) is 5.74. The zero-order valence-corrected chi connectivity index (χ0v) is 11.7. The molecule has 0 bridgehead atoms. The molecular weight excluding hydrogens is 264 g/mol. The third-order valence-electron chi connectivity index (χ3n) is 4.21. The molecule has 1 atom stereocenters. The molecule has 0 spiro atoms. The van der Waals surface area contributed by atoms with Gasteiger partial charge in [0.05, 0.1) is 11.8 Å². The van der Waals surface area contributed by atoms with Crippen LogP contribution in [0.2, 0.25) is 5.22 Å².